The van der Waals surface area contributed by atoms with Crippen LogP contribution in [0.5, 0.6) is 0 Å². The van der Waals surface area contributed by atoms with Gasteiger partial charge in [0.1, 0.15) is 0 Å². The number of benzene rings is 1. The van der Waals surface area contributed by atoms with Crippen molar-refractivity contribution in [1.82, 2.24) is 20.8 Å². The van der Waals surface area contributed by atoms with E-state index in [2.05, 4.69) is 25.8 Å². The molecule has 0 amide bonds. The molecule has 0 unspecified atom stereocenters. The summed E-state index contributed by atoms with van der Waals surface area (Å²) in [6.45, 7) is 7.85. The van der Waals surface area contributed by atoms with Crippen LogP contribution in [0.25, 0.3) is 11.4 Å². The number of halogens is 2. The standard InChI is InChI=1S/C19H28ClN5O2.HI/c1-3-21-19(22-12-5-6-14-26-4-2)23-13-11-17-24-18(25-27-17)15-7-9-16(20)10-8-15;/h7-10H,3-6,11-14H2,1-2H3,(H2,21,22,23);1H. The van der Waals surface area contributed by atoms with Crippen LogP contribution in [-0.4, -0.2) is 48.9 Å². The lowest BCUT2D eigenvalue weighted by molar-refractivity contribution is 0.144. The zero-order valence-electron chi connectivity index (χ0n) is 16.4. The number of hydrogen-bond acceptors (Lipinski definition) is 5. The van der Waals surface area contributed by atoms with Crippen LogP contribution < -0.4 is 10.6 Å². The van der Waals surface area contributed by atoms with Crippen molar-refractivity contribution in [2.24, 2.45) is 4.99 Å². The van der Waals surface area contributed by atoms with Crippen molar-refractivity contribution in [3.8, 4) is 11.4 Å². The van der Waals surface area contributed by atoms with E-state index in [1.54, 1.807) is 0 Å². The first-order chi connectivity index (χ1) is 13.2. The first-order valence-electron chi connectivity index (χ1n) is 9.41. The van der Waals surface area contributed by atoms with E-state index in [1.807, 2.05) is 38.1 Å². The number of guanidine groups is 1. The van der Waals surface area contributed by atoms with E-state index in [0.29, 0.717) is 29.7 Å². The molecule has 1 aromatic heterocycles. The number of rotatable bonds is 11. The van der Waals surface area contributed by atoms with Crippen LogP contribution in [0.4, 0.5) is 0 Å². The van der Waals surface area contributed by atoms with E-state index in [0.717, 1.165) is 50.7 Å². The molecule has 28 heavy (non-hydrogen) atoms. The number of unbranched alkanes of at least 4 members (excludes halogenated alkanes) is 1. The zero-order valence-corrected chi connectivity index (χ0v) is 19.5. The molecule has 0 bridgehead atoms. The van der Waals surface area contributed by atoms with Crippen molar-refractivity contribution in [2.75, 3.05) is 32.8 Å². The number of ether oxygens (including phenoxy) is 1. The fraction of sp³-hybridized carbons (Fsp3) is 0.526. The average Bonchev–Trinajstić information content (AvgIpc) is 3.14. The molecule has 0 saturated heterocycles. The maximum absolute atomic E-state index is 5.90. The van der Waals surface area contributed by atoms with Crippen LogP contribution in [0, 0.1) is 0 Å². The molecule has 7 nitrogen and oxygen atoms in total. The lowest BCUT2D eigenvalue weighted by Gasteiger charge is -2.10. The van der Waals surface area contributed by atoms with Gasteiger partial charge >= 0.3 is 0 Å². The van der Waals surface area contributed by atoms with Gasteiger partial charge in [-0.25, -0.2) is 0 Å². The molecule has 0 saturated carbocycles. The zero-order chi connectivity index (χ0) is 19.3. The van der Waals surface area contributed by atoms with E-state index in [-0.39, 0.29) is 24.0 Å². The summed E-state index contributed by atoms with van der Waals surface area (Å²) in [5.41, 5.74) is 0.879. The maximum Gasteiger partial charge on any atom is 0.228 e. The summed E-state index contributed by atoms with van der Waals surface area (Å²) in [6.07, 6.45) is 2.65. The molecule has 1 heterocycles. The highest BCUT2D eigenvalue weighted by molar-refractivity contribution is 14.0. The SMILES string of the molecule is CCNC(=NCCCCOCC)NCCc1nc(-c2ccc(Cl)cc2)no1.I. The summed E-state index contributed by atoms with van der Waals surface area (Å²) in [5.74, 6) is 1.95. The Balaban J connectivity index is 0.00000392. The lowest BCUT2D eigenvalue weighted by Crippen LogP contribution is -2.38. The van der Waals surface area contributed by atoms with Gasteiger partial charge < -0.3 is 19.9 Å². The monoisotopic (exact) mass is 521 g/mol. The first kappa shape index (κ1) is 24.6. The Morgan fingerprint density at radius 3 is 2.68 bits per heavy atom. The van der Waals surface area contributed by atoms with Crippen LogP contribution in [0.15, 0.2) is 33.8 Å². The van der Waals surface area contributed by atoms with E-state index in [9.17, 15) is 0 Å². The van der Waals surface area contributed by atoms with Crippen molar-refractivity contribution in [3.05, 3.63) is 35.2 Å². The third-order valence-corrected chi connectivity index (χ3v) is 3.97. The molecular formula is C19H29ClIN5O2. The Morgan fingerprint density at radius 1 is 1.18 bits per heavy atom. The molecule has 0 fully saturated rings. The minimum atomic E-state index is 0. The van der Waals surface area contributed by atoms with Crippen LogP contribution >= 0.6 is 35.6 Å². The molecular weight excluding hydrogens is 493 g/mol. The Hall–Kier alpha value is -1.39. The molecule has 1 aromatic carbocycles. The van der Waals surface area contributed by atoms with Crippen LogP contribution in [0.1, 0.15) is 32.6 Å². The normalized spacial score (nSPS) is 11.2. The van der Waals surface area contributed by atoms with Crippen LogP contribution in [-0.2, 0) is 11.2 Å². The van der Waals surface area contributed by atoms with E-state index in [4.69, 9.17) is 20.9 Å². The summed E-state index contributed by atoms with van der Waals surface area (Å²) in [5, 5.41) is 11.2. The van der Waals surface area contributed by atoms with Crippen LogP contribution in [0.2, 0.25) is 5.02 Å². The Labute approximate surface area is 188 Å². The van der Waals surface area contributed by atoms with Gasteiger partial charge in [0.05, 0.1) is 0 Å². The highest BCUT2D eigenvalue weighted by atomic mass is 127. The van der Waals surface area contributed by atoms with Gasteiger partial charge in [-0.3, -0.25) is 4.99 Å². The molecule has 0 aliphatic rings. The van der Waals surface area contributed by atoms with E-state index in [1.165, 1.54) is 0 Å². The minimum absolute atomic E-state index is 0. The average molecular weight is 522 g/mol. The van der Waals surface area contributed by atoms with Gasteiger partial charge in [-0.05, 0) is 51.0 Å². The molecule has 0 atom stereocenters. The third-order valence-electron chi connectivity index (χ3n) is 3.72. The second kappa shape index (κ2) is 14.6. The molecule has 0 spiro atoms. The van der Waals surface area contributed by atoms with Gasteiger partial charge in [0, 0.05) is 49.9 Å². The second-order valence-corrected chi connectivity index (χ2v) is 6.30. The summed E-state index contributed by atoms with van der Waals surface area (Å²) in [7, 11) is 0. The van der Waals surface area contributed by atoms with E-state index < -0.39 is 0 Å². The van der Waals surface area contributed by atoms with Crippen molar-refractivity contribution < 1.29 is 9.26 Å². The Bertz CT molecular complexity index is 694. The molecule has 0 radical (unpaired) electrons. The van der Waals surface area contributed by atoms with Crippen molar-refractivity contribution in [2.45, 2.75) is 33.1 Å². The third kappa shape index (κ3) is 9.20. The molecule has 0 aliphatic heterocycles. The molecule has 2 N–H and O–H groups in total. The second-order valence-electron chi connectivity index (χ2n) is 5.86. The Morgan fingerprint density at radius 2 is 1.96 bits per heavy atom. The Kier molecular flexibility index (Phi) is 12.8. The topological polar surface area (TPSA) is 84.6 Å². The number of nitrogens with zero attached hydrogens (tertiary/aromatic N) is 3. The van der Waals surface area contributed by atoms with Gasteiger partial charge in [0.15, 0.2) is 5.96 Å². The molecule has 9 heteroatoms. The largest absolute Gasteiger partial charge is 0.382 e. The summed E-state index contributed by atoms with van der Waals surface area (Å²) in [4.78, 5) is 8.98. The predicted octanol–water partition coefficient (Wildman–Crippen LogP) is 3.92. The summed E-state index contributed by atoms with van der Waals surface area (Å²) in [6, 6.07) is 7.36. The fourth-order valence-electron chi connectivity index (χ4n) is 2.35. The fourth-order valence-corrected chi connectivity index (χ4v) is 2.48. The van der Waals surface area contributed by atoms with Gasteiger partial charge in [-0.15, -0.1) is 24.0 Å². The first-order valence-corrected chi connectivity index (χ1v) is 9.79. The number of hydrogen-bond donors (Lipinski definition) is 2. The maximum atomic E-state index is 5.90. The molecule has 2 rings (SSSR count). The van der Waals surface area contributed by atoms with Crippen molar-refractivity contribution in [1.29, 1.82) is 0 Å². The number of aromatic nitrogens is 2. The van der Waals surface area contributed by atoms with Crippen molar-refractivity contribution in [3.63, 3.8) is 0 Å². The number of aliphatic imine (C=N–C) groups is 1. The smallest absolute Gasteiger partial charge is 0.228 e. The van der Waals surface area contributed by atoms with Crippen LogP contribution in [0.3, 0.4) is 0 Å². The van der Waals surface area contributed by atoms with Gasteiger partial charge in [0.2, 0.25) is 11.7 Å². The van der Waals surface area contributed by atoms with Gasteiger partial charge in [0.25, 0.3) is 0 Å². The molecule has 0 aliphatic carbocycles. The quantitative estimate of drug-likeness (QED) is 0.202. The lowest BCUT2D eigenvalue weighted by atomic mass is 10.2. The highest BCUT2D eigenvalue weighted by Crippen LogP contribution is 2.18. The van der Waals surface area contributed by atoms with Gasteiger partial charge in [-0.1, -0.05) is 16.8 Å². The highest BCUT2D eigenvalue weighted by Gasteiger charge is 2.08. The minimum Gasteiger partial charge on any atom is -0.382 e. The molecule has 156 valence electrons. The summed E-state index contributed by atoms with van der Waals surface area (Å²) >= 11 is 5.90. The van der Waals surface area contributed by atoms with E-state index >= 15 is 0 Å². The van der Waals surface area contributed by atoms with Gasteiger partial charge in [-0.2, -0.15) is 4.98 Å². The summed E-state index contributed by atoms with van der Waals surface area (Å²) < 4.78 is 10.7. The number of nitrogens with one attached hydrogen (secondary N) is 2. The predicted molar refractivity (Wildman–Crippen MR) is 124 cm³/mol. The van der Waals surface area contributed by atoms with Crippen molar-refractivity contribution >= 4 is 41.5 Å². The molecule has 2 aromatic rings.